The zero-order chi connectivity index (χ0) is 15.1. The number of hydrogen-bond acceptors (Lipinski definition) is 1. The van der Waals surface area contributed by atoms with Gasteiger partial charge in [0.1, 0.15) is 0 Å². The van der Waals surface area contributed by atoms with E-state index in [0.29, 0.717) is 11.8 Å². The zero-order valence-corrected chi connectivity index (χ0v) is 13.1. The molecule has 0 spiro atoms. The summed E-state index contributed by atoms with van der Waals surface area (Å²) in [6.45, 7) is 1.59. The Morgan fingerprint density at radius 3 is 2.59 bits per heavy atom. The number of hydrogen-bond donors (Lipinski definition) is 0. The van der Waals surface area contributed by atoms with E-state index in [4.69, 9.17) is 11.6 Å². The average molecular weight is 312 g/mol. The lowest BCUT2D eigenvalue weighted by molar-refractivity contribution is -0.133. The summed E-state index contributed by atoms with van der Waals surface area (Å²) in [5.41, 5.74) is 3.79. The van der Waals surface area contributed by atoms with Crippen molar-refractivity contribution >= 4 is 17.5 Å². The molecule has 2 nitrogen and oxygen atoms in total. The number of carbonyl (C=O) groups is 1. The van der Waals surface area contributed by atoms with Crippen LogP contribution in [0, 0.1) is 5.92 Å². The van der Waals surface area contributed by atoms with E-state index in [1.54, 1.807) is 0 Å². The van der Waals surface area contributed by atoms with Crippen LogP contribution in [0.2, 0.25) is 5.02 Å². The van der Waals surface area contributed by atoms with Gasteiger partial charge in [0, 0.05) is 24.0 Å². The lowest BCUT2D eigenvalue weighted by Crippen LogP contribution is -2.37. The van der Waals surface area contributed by atoms with E-state index < -0.39 is 0 Å². The van der Waals surface area contributed by atoms with Crippen LogP contribution in [0.5, 0.6) is 0 Å². The molecule has 0 aromatic heterocycles. The summed E-state index contributed by atoms with van der Waals surface area (Å²) in [6.07, 6.45) is 1.89. The molecule has 0 bridgehead atoms. The van der Waals surface area contributed by atoms with Gasteiger partial charge in [0.25, 0.3) is 0 Å². The van der Waals surface area contributed by atoms with E-state index in [1.165, 1.54) is 11.1 Å². The Morgan fingerprint density at radius 2 is 1.77 bits per heavy atom. The van der Waals surface area contributed by atoms with E-state index in [9.17, 15) is 4.79 Å². The van der Waals surface area contributed by atoms with E-state index in [1.807, 2.05) is 29.2 Å². The predicted molar refractivity (Wildman–Crippen MR) is 87.9 cm³/mol. The van der Waals surface area contributed by atoms with Gasteiger partial charge in [-0.25, -0.2) is 0 Å². The molecule has 1 fully saturated rings. The molecule has 1 heterocycles. The monoisotopic (exact) mass is 311 g/mol. The maximum atomic E-state index is 12.7. The van der Waals surface area contributed by atoms with Gasteiger partial charge in [-0.2, -0.15) is 0 Å². The molecular formula is C19H18ClNO. The maximum Gasteiger partial charge on any atom is 0.226 e. The smallest absolute Gasteiger partial charge is 0.226 e. The van der Waals surface area contributed by atoms with Gasteiger partial charge < -0.3 is 4.90 Å². The normalized spacial score (nSPS) is 23.0. The van der Waals surface area contributed by atoms with Gasteiger partial charge in [0.05, 0.1) is 0 Å². The third-order valence-electron chi connectivity index (χ3n) is 4.85. The highest BCUT2D eigenvalue weighted by atomic mass is 35.5. The molecule has 0 saturated heterocycles. The van der Waals surface area contributed by atoms with E-state index >= 15 is 0 Å². The molecular weight excluding hydrogens is 294 g/mol. The first-order chi connectivity index (χ1) is 10.7. The SMILES string of the molecule is O=C(C1CC1c1ccccc1Cl)N1CCc2ccccc2C1. The van der Waals surface area contributed by atoms with Gasteiger partial charge >= 0.3 is 0 Å². The lowest BCUT2D eigenvalue weighted by atomic mass is 9.99. The minimum Gasteiger partial charge on any atom is -0.338 e. The van der Waals surface area contributed by atoms with Gasteiger partial charge in [-0.3, -0.25) is 4.79 Å². The Morgan fingerprint density at radius 1 is 1.05 bits per heavy atom. The van der Waals surface area contributed by atoms with Gasteiger partial charge in [0.2, 0.25) is 5.91 Å². The molecule has 2 unspecified atom stereocenters. The summed E-state index contributed by atoms with van der Waals surface area (Å²) < 4.78 is 0. The molecule has 112 valence electrons. The Kier molecular flexibility index (Phi) is 3.42. The second-order valence-electron chi connectivity index (χ2n) is 6.25. The van der Waals surface area contributed by atoms with Gasteiger partial charge in [-0.1, -0.05) is 54.1 Å². The molecule has 2 aliphatic rings. The summed E-state index contributed by atoms with van der Waals surface area (Å²) in [4.78, 5) is 14.8. The molecule has 1 aliphatic carbocycles. The fourth-order valence-corrected chi connectivity index (χ4v) is 3.78. The number of rotatable bonds is 2. The number of nitrogens with zero attached hydrogens (tertiary/aromatic N) is 1. The van der Waals surface area contributed by atoms with Crippen molar-refractivity contribution in [1.29, 1.82) is 0 Å². The van der Waals surface area contributed by atoms with Crippen molar-refractivity contribution in [1.82, 2.24) is 4.90 Å². The van der Waals surface area contributed by atoms with Crippen LogP contribution in [0.1, 0.15) is 29.0 Å². The van der Waals surface area contributed by atoms with Crippen LogP contribution >= 0.6 is 11.6 Å². The van der Waals surface area contributed by atoms with Crippen LogP contribution in [-0.4, -0.2) is 17.4 Å². The van der Waals surface area contributed by atoms with Crippen molar-refractivity contribution in [3.05, 3.63) is 70.2 Å². The Balaban J connectivity index is 1.48. The third-order valence-corrected chi connectivity index (χ3v) is 5.20. The molecule has 1 amide bonds. The summed E-state index contributed by atoms with van der Waals surface area (Å²) in [5, 5.41) is 0.784. The fourth-order valence-electron chi connectivity index (χ4n) is 3.51. The number of benzene rings is 2. The Bertz CT molecular complexity index is 727. The van der Waals surface area contributed by atoms with Crippen molar-refractivity contribution < 1.29 is 4.79 Å². The van der Waals surface area contributed by atoms with Crippen LogP contribution in [0.25, 0.3) is 0 Å². The van der Waals surface area contributed by atoms with Gasteiger partial charge in [0.15, 0.2) is 0 Å². The van der Waals surface area contributed by atoms with Gasteiger partial charge in [-0.15, -0.1) is 0 Å². The molecule has 2 aromatic rings. The summed E-state index contributed by atoms with van der Waals surface area (Å²) >= 11 is 6.26. The predicted octanol–water partition coefficient (Wildman–Crippen LogP) is 4.03. The number of fused-ring (bicyclic) bond motifs is 1. The summed E-state index contributed by atoms with van der Waals surface area (Å²) in [5.74, 6) is 0.711. The van der Waals surface area contributed by atoms with Crippen LogP contribution in [0.15, 0.2) is 48.5 Å². The minimum atomic E-state index is 0.116. The topological polar surface area (TPSA) is 20.3 Å². The van der Waals surface area contributed by atoms with Crippen molar-refractivity contribution in [3.63, 3.8) is 0 Å². The summed E-state index contributed by atoms with van der Waals surface area (Å²) in [6, 6.07) is 16.3. The maximum absolute atomic E-state index is 12.7. The third kappa shape index (κ3) is 2.42. The van der Waals surface area contributed by atoms with Crippen molar-refractivity contribution in [2.24, 2.45) is 5.92 Å². The van der Waals surface area contributed by atoms with E-state index in [2.05, 4.69) is 24.3 Å². The number of amides is 1. The van der Waals surface area contributed by atoms with E-state index in [-0.39, 0.29) is 5.92 Å². The van der Waals surface area contributed by atoms with Crippen LogP contribution in [0.3, 0.4) is 0 Å². The second kappa shape index (κ2) is 5.44. The van der Waals surface area contributed by atoms with Crippen molar-refractivity contribution in [3.8, 4) is 0 Å². The summed E-state index contributed by atoms with van der Waals surface area (Å²) in [7, 11) is 0. The van der Waals surface area contributed by atoms with Crippen molar-refractivity contribution in [2.45, 2.75) is 25.3 Å². The largest absolute Gasteiger partial charge is 0.338 e. The lowest BCUT2D eigenvalue weighted by Gasteiger charge is -2.29. The Hall–Kier alpha value is -1.80. The van der Waals surface area contributed by atoms with Crippen LogP contribution < -0.4 is 0 Å². The fraction of sp³-hybridized carbons (Fsp3) is 0.316. The van der Waals surface area contributed by atoms with Crippen LogP contribution in [-0.2, 0) is 17.8 Å². The molecule has 1 aliphatic heterocycles. The Labute approximate surface area is 135 Å². The van der Waals surface area contributed by atoms with Gasteiger partial charge in [-0.05, 0) is 41.5 Å². The molecule has 0 radical (unpaired) electrons. The molecule has 2 aromatic carbocycles. The van der Waals surface area contributed by atoms with E-state index in [0.717, 1.165) is 36.5 Å². The average Bonchev–Trinajstić information content (AvgIpc) is 3.34. The highest BCUT2D eigenvalue weighted by Crippen LogP contribution is 2.50. The minimum absolute atomic E-state index is 0.116. The molecule has 1 saturated carbocycles. The first-order valence-electron chi connectivity index (χ1n) is 7.84. The number of halogens is 1. The first kappa shape index (κ1) is 13.8. The standard InChI is InChI=1S/C19H18ClNO/c20-18-8-4-3-7-15(18)16-11-17(16)19(22)21-10-9-13-5-1-2-6-14(13)12-21/h1-8,16-17H,9-12H2. The molecule has 0 N–H and O–H groups in total. The molecule has 4 rings (SSSR count). The van der Waals surface area contributed by atoms with Crippen LogP contribution in [0.4, 0.5) is 0 Å². The zero-order valence-electron chi connectivity index (χ0n) is 12.3. The quantitative estimate of drug-likeness (QED) is 0.820. The highest BCUT2D eigenvalue weighted by Gasteiger charge is 2.46. The molecule has 22 heavy (non-hydrogen) atoms. The molecule has 2 atom stereocenters. The second-order valence-corrected chi connectivity index (χ2v) is 6.66. The van der Waals surface area contributed by atoms with Crippen molar-refractivity contribution in [2.75, 3.05) is 6.54 Å². The molecule has 3 heteroatoms. The number of carbonyl (C=O) groups excluding carboxylic acids is 1. The first-order valence-corrected chi connectivity index (χ1v) is 8.22. The highest BCUT2D eigenvalue weighted by molar-refractivity contribution is 6.31.